The van der Waals surface area contributed by atoms with E-state index in [1.165, 1.54) is 19.3 Å². The summed E-state index contributed by atoms with van der Waals surface area (Å²) in [6.07, 6.45) is 5.27. The molecule has 0 atom stereocenters. The molecule has 0 spiro atoms. The molecule has 0 bridgehead atoms. The van der Waals surface area contributed by atoms with Gasteiger partial charge >= 0.3 is 6.09 Å². The third kappa shape index (κ3) is 4.94. The van der Waals surface area contributed by atoms with E-state index < -0.39 is 5.60 Å². The molecule has 17 heavy (non-hydrogen) atoms. The van der Waals surface area contributed by atoms with Crippen LogP contribution < -0.4 is 5.32 Å². The Morgan fingerprint density at radius 1 is 1.24 bits per heavy atom. The van der Waals surface area contributed by atoms with Gasteiger partial charge in [0.05, 0.1) is 5.60 Å². The fraction of sp³-hybridized carbons (Fsp3) is 0.923. The zero-order valence-corrected chi connectivity index (χ0v) is 11.5. The molecule has 1 aliphatic rings. The Kier molecular flexibility index (Phi) is 4.80. The Hall–Kier alpha value is -0.770. The number of rotatable bonds is 3. The minimum atomic E-state index is -0.448. The minimum absolute atomic E-state index is 0.185. The number of methoxy groups -OCH3 is 1. The van der Waals surface area contributed by atoms with Crippen LogP contribution in [0.2, 0.25) is 0 Å². The SMILES string of the molecule is COC1(CNC(=O)OC(C)(C)C)CCCCC1. The van der Waals surface area contributed by atoms with Crippen LogP contribution in [0.4, 0.5) is 4.79 Å². The Balaban J connectivity index is 2.39. The minimum Gasteiger partial charge on any atom is -0.444 e. The second-order valence-corrected chi connectivity index (χ2v) is 5.80. The molecule has 0 radical (unpaired) electrons. The van der Waals surface area contributed by atoms with Crippen LogP contribution in [0.15, 0.2) is 0 Å². The maximum absolute atomic E-state index is 11.6. The maximum atomic E-state index is 11.6. The Morgan fingerprint density at radius 3 is 2.29 bits per heavy atom. The molecule has 100 valence electrons. The van der Waals surface area contributed by atoms with Crippen molar-refractivity contribution in [2.75, 3.05) is 13.7 Å². The van der Waals surface area contributed by atoms with E-state index in [9.17, 15) is 4.79 Å². The zero-order chi connectivity index (χ0) is 12.9. The molecule has 4 nitrogen and oxygen atoms in total. The van der Waals surface area contributed by atoms with Gasteiger partial charge in [-0.25, -0.2) is 4.79 Å². The van der Waals surface area contributed by atoms with Gasteiger partial charge in [-0.05, 0) is 33.6 Å². The third-order valence-electron chi connectivity index (χ3n) is 3.15. The van der Waals surface area contributed by atoms with Crippen LogP contribution in [0.1, 0.15) is 52.9 Å². The second kappa shape index (κ2) is 5.71. The molecule has 1 amide bonds. The monoisotopic (exact) mass is 243 g/mol. The summed E-state index contributed by atoms with van der Waals surface area (Å²) in [5, 5.41) is 2.81. The molecular weight excluding hydrogens is 218 g/mol. The first kappa shape index (κ1) is 14.3. The van der Waals surface area contributed by atoms with Gasteiger partial charge in [0.2, 0.25) is 0 Å². The number of carbonyl (C=O) groups excluding carboxylic acids is 1. The molecule has 1 fully saturated rings. The molecular formula is C13H25NO3. The van der Waals surface area contributed by atoms with Gasteiger partial charge in [0, 0.05) is 13.7 Å². The first-order valence-electron chi connectivity index (χ1n) is 6.39. The quantitative estimate of drug-likeness (QED) is 0.829. The average Bonchev–Trinajstić information content (AvgIpc) is 2.25. The van der Waals surface area contributed by atoms with Crippen molar-refractivity contribution in [1.29, 1.82) is 0 Å². The van der Waals surface area contributed by atoms with Crippen molar-refractivity contribution in [2.45, 2.75) is 64.1 Å². The van der Waals surface area contributed by atoms with Gasteiger partial charge in [-0.3, -0.25) is 0 Å². The van der Waals surface area contributed by atoms with Crippen LogP contribution in [0, 0.1) is 0 Å². The summed E-state index contributed by atoms with van der Waals surface area (Å²) in [4.78, 5) is 11.6. The highest BCUT2D eigenvalue weighted by atomic mass is 16.6. The number of carbonyl (C=O) groups is 1. The van der Waals surface area contributed by atoms with E-state index in [0.717, 1.165) is 12.8 Å². The summed E-state index contributed by atoms with van der Waals surface area (Å²) >= 11 is 0. The van der Waals surface area contributed by atoms with Gasteiger partial charge in [0.1, 0.15) is 5.60 Å². The highest BCUT2D eigenvalue weighted by Gasteiger charge is 2.32. The largest absolute Gasteiger partial charge is 0.444 e. The summed E-state index contributed by atoms with van der Waals surface area (Å²) in [5.41, 5.74) is -0.633. The van der Waals surface area contributed by atoms with Gasteiger partial charge in [-0.2, -0.15) is 0 Å². The molecule has 0 aromatic heterocycles. The molecule has 0 aromatic rings. The fourth-order valence-corrected chi connectivity index (χ4v) is 2.20. The zero-order valence-electron chi connectivity index (χ0n) is 11.5. The van der Waals surface area contributed by atoms with Crippen molar-refractivity contribution in [2.24, 2.45) is 0 Å². The van der Waals surface area contributed by atoms with Gasteiger partial charge < -0.3 is 14.8 Å². The van der Waals surface area contributed by atoms with E-state index >= 15 is 0 Å². The van der Waals surface area contributed by atoms with E-state index in [4.69, 9.17) is 9.47 Å². The number of alkyl carbamates (subject to hydrolysis) is 1. The van der Waals surface area contributed by atoms with Gasteiger partial charge in [-0.1, -0.05) is 19.3 Å². The molecule has 0 aromatic carbocycles. The van der Waals surface area contributed by atoms with Crippen molar-refractivity contribution in [3.63, 3.8) is 0 Å². The van der Waals surface area contributed by atoms with E-state index in [-0.39, 0.29) is 11.7 Å². The molecule has 1 N–H and O–H groups in total. The number of ether oxygens (including phenoxy) is 2. The summed E-state index contributed by atoms with van der Waals surface area (Å²) < 4.78 is 10.8. The van der Waals surface area contributed by atoms with Gasteiger partial charge in [-0.15, -0.1) is 0 Å². The molecule has 0 unspecified atom stereocenters. The summed E-state index contributed by atoms with van der Waals surface area (Å²) in [5.74, 6) is 0. The van der Waals surface area contributed by atoms with Crippen molar-refractivity contribution in [3.05, 3.63) is 0 Å². The summed E-state index contributed by atoms with van der Waals surface area (Å²) in [6.45, 7) is 6.12. The first-order chi connectivity index (χ1) is 7.87. The molecule has 0 aliphatic heterocycles. The molecule has 0 saturated heterocycles. The molecule has 1 saturated carbocycles. The van der Waals surface area contributed by atoms with Crippen molar-refractivity contribution < 1.29 is 14.3 Å². The smallest absolute Gasteiger partial charge is 0.407 e. The van der Waals surface area contributed by atoms with Crippen LogP contribution in [0.3, 0.4) is 0 Å². The van der Waals surface area contributed by atoms with Crippen molar-refractivity contribution in [3.8, 4) is 0 Å². The van der Waals surface area contributed by atoms with Crippen LogP contribution in [0.5, 0.6) is 0 Å². The Bertz CT molecular complexity index is 252. The highest BCUT2D eigenvalue weighted by Crippen LogP contribution is 2.30. The maximum Gasteiger partial charge on any atom is 0.407 e. The predicted molar refractivity (Wildman–Crippen MR) is 67.1 cm³/mol. The highest BCUT2D eigenvalue weighted by molar-refractivity contribution is 5.67. The lowest BCUT2D eigenvalue weighted by molar-refractivity contribution is -0.0393. The lowest BCUT2D eigenvalue weighted by atomic mass is 9.84. The second-order valence-electron chi connectivity index (χ2n) is 5.80. The van der Waals surface area contributed by atoms with Gasteiger partial charge in [0.25, 0.3) is 0 Å². The van der Waals surface area contributed by atoms with Crippen molar-refractivity contribution >= 4 is 6.09 Å². The standard InChI is InChI=1S/C13H25NO3/c1-12(2,3)17-11(15)14-10-13(16-4)8-6-5-7-9-13/h5-10H2,1-4H3,(H,14,15). The van der Waals surface area contributed by atoms with Crippen LogP contribution >= 0.6 is 0 Å². The number of amides is 1. The fourth-order valence-electron chi connectivity index (χ4n) is 2.20. The lowest BCUT2D eigenvalue weighted by Crippen LogP contribution is -2.46. The number of hydrogen-bond acceptors (Lipinski definition) is 3. The molecule has 4 heteroatoms. The Labute approximate surface area is 104 Å². The van der Waals surface area contributed by atoms with E-state index in [2.05, 4.69) is 5.32 Å². The van der Waals surface area contributed by atoms with Crippen LogP contribution in [-0.2, 0) is 9.47 Å². The van der Waals surface area contributed by atoms with Crippen LogP contribution in [-0.4, -0.2) is 30.9 Å². The predicted octanol–water partition coefficient (Wildman–Crippen LogP) is 2.86. The molecule has 1 rings (SSSR count). The van der Waals surface area contributed by atoms with E-state index in [1.54, 1.807) is 7.11 Å². The molecule has 1 aliphatic carbocycles. The summed E-state index contributed by atoms with van der Waals surface area (Å²) in [6, 6.07) is 0. The van der Waals surface area contributed by atoms with E-state index in [1.807, 2.05) is 20.8 Å². The third-order valence-corrected chi connectivity index (χ3v) is 3.15. The van der Waals surface area contributed by atoms with Gasteiger partial charge in [0.15, 0.2) is 0 Å². The first-order valence-corrected chi connectivity index (χ1v) is 6.39. The number of nitrogens with one attached hydrogen (secondary N) is 1. The normalized spacial score (nSPS) is 19.8. The Morgan fingerprint density at radius 2 is 1.82 bits per heavy atom. The number of hydrogen-bond donors (Lipinski definition) is 1. The topological polar surface area (TPSA) is 47.6 Å². The van der Waals surface area contributed by atoms with E-state index in [0.29, 0.717) is 6.54 Å². The van der Waals surface area contributed by atoms with Crippen molar-refractivity contribution in [1.82, 2.24) is 5.32 Å². The molecule has 0 heterocycles. The van der Waals surface area contributed by atoms with Crippen LogP contribution in [0.25, 0.3) is 0 Å². The lowest BCUT2D eigenvalue weighted by Gasteiger charge is -2.36. The summed E-state index contributed by atoms with van der Waals surface area (Å²) in [7, 11) is 1.72. The average molecular weight is 243 g/mol.